The Labute approximate surface area is 181 Å². The fraction of sp³-hybridized carbons (Fsp3) is 0.474. The van der Waals surface area contributed by atoms with Gasteiger partial charge in [0.25, 0.3) is 11.8 Å². The number of amides is 2. The third kappa shape index (κ3) is 5.06. The van der Waals surface area contributed by atoms with Gasteiger partial charge in [0.15, 0.2) is 5.69 Å². The molecule has 8 nitrogen and oxygen atoms in total. The molecule has 2 aromatic heterocycles. The maximum absolute atomic E-state index is 12.9. The van der Waals surface area contributed by atoms with E-state index >= 15 is 0 Å². The number of carbonyl (C=O) groups is 3. The summed E-state index contributed by atoms with van der Waals surface area (Å²) in [6.07, 6.45) is -4.71. The van der Waals surface area contributed by atoms with Crippen LogP contribution in [0.1, 0.15) is 62.5 Å². The molecule has 2 heterocycles. The van der Waals surface area contributed by atoms with Gasteiger partial charge in [-0.2, -0.15) is 18.3 Å². The molecule has 2 rings (SSSR count). The largest absolute Gasteiger partial charge is 0.462 e. The van der Waals surface area contributed by atoms with Crippen molar-refractivity contribution in [3.05, 3.63) is 33.5 Å². The Morgan fingerprint density at radius 1 is 1.23 bits per heavy atom. The van der Waals surface area contributed by atoms with Crippen molar-refractivity contribution in [2.75, 3.05) is 25.0 Å². The maximum Gasteiger partial charge on any atom is 0.435 e. The van der Waals surface area contributed by atoms with Crippen LogP contribution in [0.3, 0.4) is 0 Å². The van der Waals surface area contributed by atoms with Crippen LogP contribution >= 0.6 is 11.3 Å². The number of rotatable bonds is 7. The highest BCUT2D eigenvalue weighted by Gasteiger charge is 2.36. The third-order valence-corrected chi connectivity index (χ3v) is 5.70. The fourth-order valence-electron chi connectivity index (χ4n) is 2.89. The van der Waals surface area contributed by atoms with E-state index in [1.54, 1.807) is 32.6 Å². The maximum atomic E-state index is 12.9. The van der Waals surface area contributed by atoms with Gasteiger partial charge in [-0.15, -0.1) is 11.3 Å². The molecule has 31 heavy (non-hydrogen) atoms. The predicted molar refractivity (Wildman–Crippen MR) is 108 cm³/mol. The molecule has 0 radical (unpaired) electrons. The first kappa shape index (κ1) is 24.4. The number of anilines is 1. The van der Waals surface area contributed by atoms with Crippen molar-refractivity contribution in [1.29, 1.82) is 0 Å². The molecule has 2 amide bonds. The van der Waals surface area contributed by atoms with Crippen LogP contribution in [0, 0.1) is 6.92 Å². The number of esters is 1. The molecule has 0 aliphatic carbocycles. The molecule has 0 unspecified atom stereocenters. The first-order chi connectivity index (χ1) is 14.5. The molecule has 0 aliphatic rings. The van der Waals surface area contributed by atoms with Gasteiger partial charge in [0.05, 0.1) is 17.0 Å². The fourth-order valence-corrected chi connectivity index (χ4v) is 4.05. The first-order valence-corrected chi connectivity index (χ1v) is 10.3. The average Bonchev–Trinajstić information content (AvgIpc) is 3.23. The van der Waals surface area contributed by atoms with Gasteiger partial charge in [0.2, 0.25) is 0 Å². The van der Waals surface area contributed by atoms with Crippen LogP contribution in [0.5, 0.6) is 0 Å². The Morgan fingerprint density at radius 3 is 2.32 bits per heavy atom. The molecule has 0 bridgehead atoms. The number of halogens is 3. The number of nitrogens with zero attached hydrogens (tertiary/aromatic N) is 3. The van der Waals surface area contributed by atoms with Gasteiger partial charge in [0.1, 0.15) is 10.7 Å². The number of alkyl halides is 3. The highest BCUT2D eigenvalue weighted by atomic mass is 32.1. The first-order valence-electron chi connectivity index (χ1n) is 9.48. The standard InChI is InChI=1S/C19H23F3N4O4S/c1-6-26(7-2)17(28)14-10(4)13(18(29)30-8-3)16(31-14)23-15(27)11-9-12(19(20,21)22)24-25(11)5/h9H,6-8H2,1-5H3,(H,23,27). The molecule has 0 aliphatic heterocycles. The molecule has 0 atom stereocenters. The van der Waals surface area contributed by atoms with E-state index in [-0.39, 0.29) is 33.6 Å². The number of aromatic nitrogens is 2. The Balaban J connectivity index is 2.48. The van der Waals surface area contributed by atoms with Crippen molar-refractivity contribution in [2.45, 2.75) is 33.9 Å². The summed E-state index contributed by atoms with van der Waals surface area (Å²) >= 11 is 0.873. The lowest BCUT2D eigenvalue weighted by molar-refractivity contribution is -0.141. The van der Waals surface area contributed by atoms with Gasteiger partial charge in [-0.05, 0) is 33.3 Å². The minimum Gasteiger partial charge on any atom is -0.462 e. The summed E-state index contributed by atoms with van der Waals surface area (Å²) in [6, 6.07) is 0.613. The number of aryl methyl sites for hydroxylation is 1. The van der Waals surface area contributed by atoms with Crippen LogP contribution in [0.4, 0.5) is 18.2 Å². The molecule has 0 saturated heterocycles. The highest BCUT2D eigenvalue weighted by molar-refractivity contribution is 7.18. The summed E-state index contributed by atoms with van der Waals surface area (Å²) in [5.41, 5.74) is -1.25. The Bertz CT molecular complexity index is 993. The van der Waals surface area contributed by atoms with Crippen molar-refractivity contribution in [1.82, 2.24) is 14.7 Å². The number of ether oxygens (including phenoxy) is 1. The van der Waals surface area contributed by atoms with Gasteiger partial charge in [-0.25, -0.2) is 4.79 Å². The van der Waals surface area contributed by atoms with Crippen LogP contribution in [-0.2, 0) is 18.0 Å². The van der Waals surface area contributed by atoms with Crippen molar-refractivity contribution < 1.29 is 32.3 Å². The van der Waals surface area contributed by atoms with Crippen molar-refractivity contribution in [2.24, 2.45) is 7.05 Å². The summed E-state index contributed by atoms with van der Waals surface area (Å²) in [6.45, 7) is 7.73. The van der Waals surface area contributed by atoms with Crippen LogP contribution in [0.2, 0.25) is 0 Å². The van der Waals surface area contributed by atoms with E-state index in [0.29, 0.717) is 24.7 Å². The number of carbonyl (C=O) groups excluding carboxylic acids is 3. The molecule has 1 N–H and O–H groups in total. The van der Waals surface area contributed by atoms with E-state index in [4.69, 9.17) is 4.74 Å². The van der Waals surface area contributed by atoms with Gasteiger partial charge < -0.3 is 15.0 Å². The lowest BCUT2D eigenvalue weighted by Crippen LogP contribution is -2.30. The minimum atomic E-state index is -4.71. The van der Waals surface area contributed by atoms with Crippen LogP contribution < -0.4 is 5.32 Å². The molecule has 0 spiro atoms. The molecule has 2 aromatic rings. The monoisotopic (exact) mass is 460 g/mol. The lowest BCUT2D eigenvalue weighted by atomic mass is 10.1. The zero-order chi connectivity index (χ0) is 23.5. The second-order valence-electron chi connectivity index (χ2n) is 6.45. The smallest absolute Gasteiger partial charge is 0.435 e. The Hall–Kier alpha value is -2.89. The van der Waals surface area contributed by atoms with E-state index in [1.807, 2.05) is 0 Å². The van der Waals surface area contributed by atoms with E-state index in [1.165, 1.54) is 7.05 Å². The highest BCUT2D eigenvalue weighted by Crippen LogP contribution is 2.35. The van der Waals surface area contributed by atoms with E-state index in [2.05, 4.69) is 10.4 Å². The third-order valence-electron chi connectivity index (χ3n) is 4.50. The van der Waals surface area contributed by atoms with Crippen molar-refractivity contribution in [3.8, 4) is 0 Å². The van der Waals surface area contributed by atoms with E-state index in [9.17, 15) is 27.6 Å². The van der Waals surface area contributed by atoms with E-state index < -0.39 is 23.7 Å². The zero-order valence-electron chi connectivity index (χ0n) is 17.7. The molecule has 170 valence electrons. The van der Waals surface area contributed by atoms with Gasteiger partial charge in [-0.1, -0.05) is 0 Å². The van der Waals surface area contributed by atoms with Crippen LogP contribution in [0.25, 0.3) is 0 Å². The predicted octanol–water partition coefficient (Wildman–Crippen LogP) is 3.72. The Kier molecular flexibility index (Phi) is 7.47. The van der Waals surface area contributed by atoms with E-state index in [0.717, 1.165) is 16.0 Å². The second-order valence-corrected chi connectivity index (χ2v) is 7.47. The summed E-state index contributed by atoms with van der Waals surface area (Å²) in [7, 11) is 1.20. The van der Waals surface area contributed by atoms with Crippen LogP contribution in [0.15, 0.2) is 6.07 Å². The van der Waals surface area contributed by atoms with Gasteiger partial charge in [-0.3, -0.25) is 14.3 Å². The number of thiophene rings is 1. The second kappa shape index (κ2) is 9.50. The number of hydrogen-bond acceptors (Lipinski definition) is 6. The van der Waals surface area contributed by atoms with Crippen molar-refractivity contribution in [3.63, 3.8) is 0 Å². The molecular weight excluding hydrogens is 437 g/mol. The molecule has 0 aromatic carbocycles. The van der Waals surface area contributed by atoms with Gasteiger partial charge >= 0.3 is 12.1 Å². The summed E-state index contributed by atoms with van der Waals surface area (Å²) < 4.78 is 44.6. The number of hydrogen-bond donors (Lipinski definition) is 1. The summed E-state index contributed by atoms with van der Waals surface area (Å²) in [5.74, 6) is -1.97. The summed E-state index contributed by atoms with van der Waals surface area (Å²) in [4.78, 5) is 39.8. The molecule has 12 heteroatoms. The lowest BCUT2D eigenvalue weighted by Gasteiger charge is -2.18. The normalized spacial score (nSPS) is 11.4. The molecular formula is C19H23F3N4O4S. The molecule has 0 fully saturated rings. The molecule has 0 saturated carbocycles. The zero-order valence-corrected chi connectivity index (χ0v) is 18.5. The summed E-state index contributed by atoms with van der Waals surface area (Å²) in [5, 5.41) is 5.77. The SMILES string of the molecule is CCOC(=O)c1c(NC(=O)c2cc(C(F)(F)F)nn2C)sc(C(=O)N(CC)CC)c1C. The number of nitrogens with one attached hydrogen (secondary N) is 1. The van der Waals surface area contributed by atoms with Crippen molar-refractivity contribution >= 4 is 34.1 Å². The van der Waals surface area contributed by atoms with Gasteiger partial charge in [0, 0.05) is 26.2 Å². The minimum absolute atomic E-state index is 0.00563. The average molecular weight is 460 g/mol. The van der Waals surface area contributed by atoms with Crippen LogP contribution in [-0.4, -0.2) is 52.2 Å². The topological polar surface area (TPSA) is 93.5 Å². The Morgan fingerprint density at radius 2 is 1.84 bits per heavy atom. The quantitative estimate of drug-likeness (QED) is 0.636.